The molecule has 2 rings (SSSR count). The molecule has 106 valence electrons. The molecule has 3 atom stereocenters. The molecule has 2 heterocycles. The van der Waals surface area contributed by atoms with Crippen molar-refractivity contribution in [3.05, 3.63) is 0 Å². The predicted octanol–water partition coefficient (Wildman–Crippen LogP) is 1.23. The first kappa shape index (κ1) is 15.7. The molecule has 2 aliphatic heterocycles. The van der Waals surface area contributed by atoms with Crippen molar-refractivity contribution < 1.29 is 4.79 Å². The van der Waals surface area contributed by atoms with Gasteiger partial charge in [0.15, 0.2) is 0 Å². The van der Waals surface area contributed by atoms with Crippen LogP contribution in [0, 0.1) is 0 Å². The van der Waals surface area contributed by atoms with E-state index in [9.17, 15) is 4.79 Å². The standard InChI is InChI=1S/C13H25N3O.ClH/c1-3-4-12(14)13(17)16-8-7-10-5-6-11(9-16)15(10)2;/h10-12H,3-9,14H2,1-2H3;1H. The van der Waals surface area contributed by atoms with Crippen LogP contribution in [0.4, 0.5) is 0 Å². The van der Waals surface area contributed by atoms with Gasteiger partial charge in [0.05, 0.1) is 6.04 Å². The molecule has 3 unspecified atom stereocenters. The van der Waals surface area contributed by atoms with Gasteiger partial charge in [0.25, 0.3) is 0 Å². The maximum Gasteiger partial charge on any atom is 0.239 e. The maximum atomic E-state index is 12.2. The highest BCUT2D eigenvalue weighted by Crippen LogP contribution is 2.28. The fourth-order valence-corrected chi connectivity index (χ4v) is 3.18. The summed E-state index contributed by atoms with van der Waals surface area (Å²) >= 11 is 0. The van der Waals surface area contributed by atoms with Crippen LogP contribution in [0.15, 0.2) is 0 Å². The van der Waals surface area contributed by atoms with Crippen LogP contribution in [0.5, 0.6) is 0 Å². The van der Waals surface area contributed by atoms with Crippen LogP contribution in [-0.4, -0.2) is 54.0 Å². The minimum absolute atomic E-state index is 0. The van der Waals surface area contributed by atoms with Gasteiger partial charge in [-0.15, -0.1) is 12.4 Å². The molecule has 0 aromatic heterocycles. The molecule has 18 heavy (non-hydrogen) atoms. The van der Waals surface area contributed by atoms with Crippen LogP contribution in [0.3, 0.4) is 0 Å². The molecule has 4 nitrogen and oxygen atoms in total. The average Bonchev–Trinajstić information content (AvgIpc) is 2.53. The summed E-state index contributed by atoms with van der Waals surface area (Å²) in [5.74, 6) is 0.160. The van der Waals surface area contributed by atoms with E-state index in [2.05, 4.69) is 18.9 Å². The van der Waals surface area contributed by atoms with Crippen LogP contribution in [0.1, 0.15) is 39.0 Å². The minimum atomic E-state index is -0.290. The topological polar surface area (TPSA) is 49.6 Å². The highest BCUT2D eigenvalue weighted by Gasteiger charge is 2.36. The zero-order valence-corrected chi connectivity index (χ0v) is 12.3. The van der Waals surface area contributed by atoms with Crippen molar-refractivity contribution in [3.63, 3.8) is 0 Å². The Balaban J connectivity index is 0.00000162. The zero-order valence-electron chi connectivity index (χ0n) is 11.5. The smallest absolute Gasteiger partial charge is 0.239 e. The molecule has 0 saturated carbocycles. The SMILES string of the molecule is CCCC(N)C(=O)N1CCC2CCC(C1)N2C.Cl. The Morgan fingerprint density at radius 2 is 2.00 bits per heavy atom. The number of carbonyl (C=O) groups excluding carboxylic acids is 1. The Bertz CT molecular complexity index is 287. The molecule has 1 amide bonds. The third-order valence-corrected chi connectivity index (χ3v) is 4.38. The predicted molar refractivity (Wildman–Crippen MR) is 75.9 cm³/mol. The number of carbonyl (C=O) groups is 1. The Hall–Kier alpha value is -0.320. The molecule has 2 N–H and O–H groups in total. The average molecular weight is 276 g/mol. The first-order valence-corrected chi connectivity index (χ1v) is 6.89. The number of rotatable bonds is 3. The quantitative estimate of drug-likeness (QED) is 0.843. The summed E-state index contributed by atoms with van der Waals surface area (Å²) < 4.78 is 0. The Morgan fingerprint density at radius 3 is 2.67 bits per heavy atom. The van der Waals surface area contributed by atoms with Gasteiger partial charge in [0.2, 0.25) is 5.91 Å². The van der Waals surface area contributed by atoms with Crippen LogP contribution in [0.2, 0.25) is 0 Å². The molecule has 0 aromatic carbocycles. The summed E-state index contributed by atoms with van der Waals surface area (Å²) in [4.78, 5) is 16.7. The van der Waals surface area contributed by atoms with Crippen molar-refractivity contribution in [2.75, 3.05) is 20.1 Å². The van der Waals surface area contributed by atoms with Crippen molar-refractivity contribution in [1.29, 1.82) is 0 Å². The highest BCUT2D eigenvalue weighted by molar-refractivity contribution is 5.85. The number of nitrogens with two attached hydrogens (primary N) is 1. The zero-order chi connectivity index (χ0) is 12.4. The number of hydrogen-bond acceptors (Lipinski definition) is 3. The summed E-state index contributed by atoms with van der Waals surface area (Å²) in [7, 11) is 2.20. The largest absolute Gasteiger partial charge is 0.340 e. The lowest BCUT2D eigenvalue weighted by Crippen LogP contribution is -2.47. The molecule has 0 aromatic rings. The Kier molecular flexibility index (Phi) is 5.89. The second-order valence-electron chi connectivity index (χ2n) is 5.52. The second-order valence-corrected chi connectivity index (χ2v) is 5.52. The van der Waals surface area contributed by atoms with E-state index in [1.165, 1.54) is 12.8 Å². The van der Waals surface area contributed by atoms with Crippen LogP contribution >= 0.6 is 12.4 Å². The molecule has 0 spiro atoms. The fraction of sp³-hybridized carbons (Fsp3) is 0.923. The van der Waals surface area contributed by atoms with Crippen LogP contribution in [-0.2, 0) is 4.79 Å². The fourth-order valence-electron chi connectivity index (χ4n) is 3.18. The molecular weight excluding hydrogens is 250 g/mol. The van der Waals surface area contributed by atoms with E-state index in [1.54, 1.807) is 0 Å². The third kappa shape index (κ3) is 3.16. The molecule has 5 heteroatoms. The van der Waals surface area contributed by atoms with Crippen molar-refractivity contribution in [3.8, 4) is 0 Å². The van der Waals surface area contributed by atoms with Crippen molar-refractivity contribution in [1.82, 2.24) is 9.80 Å². The van der Waals surface area contributed by atoms with Gasteiger partial charge < -0.3 is 10.6 Å². The number of nitrogens with zero attached hydrogens (tertiary/aromatic N) is 2. The lowest BCUT2D eigenvalue weighted by atomic mass is 10.1. The summed E-state index contributed by atoms with van der Waals surface area (Å²) in [6.07, 6.45) is 5.42. The van der Waals surface area contributed by atoms with Crippen molar-refractivity contribution in [2.24, 2.45) is 5.73 Å². The van der Waals surface area contributed by atoms with E-state index >= 15 is 0 Å². The normalized spacial score (nSPS) is 29.6. The number of fused-ring (bicyclic) bond motifs is 2. The molecule has 2 aliphatic rings. The van der Waals surface area contributed by atoms with Crippen molar-refractivity contribution >= 4 is 18.3 Å². The van der Waals surface area contributed by atoms with E-state index in [0.717, 1.165) is 32.4 Å². The lowest BCUT2D eigenvalue weighted by Gasteiger charge is -2.27. The number of hydrogen-bond donors (Lipinski definition) is 1. The molecule has 2 fully saturated rings. The van der Waals surface area contributed by atoms with E-state index in [4.69, 9.17) is 5.73 Å². The van der Waals surface area contributed by atoms with Gasteiger partial charge in [-0.1, -0.05) is 13.3 Å². The maximum absolute atomic E-state index is 12.2. The third-order valence-electron chi connectivity index (χ3n) is 4.38. The van der Waals surface area contributed by atoms with Gasteiger partial charge in [-0.05, 0) is 32.7 Å². The van der Waals surface area contributed by atoms with Gasteiger partial charge in [-0.25, -0.2) is 0 Å². The van der Waals surface area contributed by atoms with Gasteiger partial charge in [0.1, 0.15) is 0 Å². The van der Waals surface area contributed by atoms with Crippen molar-refractivity contribution in [2.45, 2.75) is 57.2 Å². The monoisotopic (exact) mass is 275 g/mol. The molecular formula is C13H26ClN3O. The molecule has 0 radical (unpaired) electrons. The summed E-state index contributed by atoms with van der Waals surface area (Å²) in [5.41, 5.74) is 5.94. The Morgan fingerprint density at radius 1 is 1.33 bits per heavy atom. The van der Waals surface area contributed by atoms with Gasteiger partial charge in [0, 0.05) is 25.2 Å². The molecule has 2 bridgehead atoms. The van der Waals surface area contributed by atoms with E-state index in [0.29, 0.717) is 12.1 Å². The number of likely N-dealkylation sites (N-methyl/N-ethyl adjacent to an activating group) is 1. The van der Waals surface area contributed by atoms with E-state index in [-0.39, 0.29) is 24.4 Å². The summed E-state index contributed by atoms with van der Waals surface area (Å²) in [6, 6.07) is 0.947. The Labute approximate surface area is 116 Å². The highest BCUT2D eigenvalue weighted by atomic mass is 35.5. The van der Waals surface area contributed by atoms with Gasteiger partial charge >= 0.3 is 0 Å². The van der Waals surface area contributed by atoms with E-state index < -0.39 is 0 Å². The summed E-state index contributed by atoms with van der Waals surface area (Å²) in [6.45, 7) is 3.84. The van der Waals surface area contributed by atoms with E-state index in [1.807, 2.05) is 4.90 Å². The number of halogens is 1. The first-order chi connectivity index (χ1) is 8.13. The summed E-state index contributed by atoms with van der Waals surface area (Å²) in [5, 5.41) is 0. The molecule has 0 aliphatic carbocycles. The van der Waals surface area contributed by atoms with Gasteiger partial charge in [-0.3, -0.25) is 9.69 Å². The number of amides is 1. The second kappa shape index (κ2) is 6.73. The minimum Gasteiger partial charge on any atom is -0.340 e. The molecule has 2 saturated heterocycles. The van der Waals surface area contributed by atoms with Crippen LogP contribution < -0.4 is 5.73 Å². The van der Waals surface area contributed by atoms with Gasteiger partial charge in [-0.2, -0.15) is 0 Å². The number of likely N-dealkylation sites (tertiary alicyclic amines) is 1. The van der Waals surface area contributed by atoms with Crippen LogP contribution in [0.25, 0.3) is 0 Å². The first-order valence-electron chi connectivity index (χ1n) is 6.89. The lowest BCUT2D eigenvalue weighted by molar-refractivity contribution is -0.133.